The predicted molar refractivity (Wildman–Crippen MR) is 65.2 cm³/mol. The first kappa shape index (κ1) is 11.0. The van der Waals surface area contributed by atoms with Crippen LogP contribution in [-0.4, -0.2) is 35.7 Å². The van der Waals surface area contributed by atoms with Gasteiger partial charge in [-0.1, -0.05) is 19.3 Å². The van der Waals surface area contributed by atoms with Gasteiger partial charge >= 0.3 is 0 Å². The second-order valence-corrected chi connectivity index (χ2v) is 6.19. The molecule has 4 rings (SSSR count). The van der Waals surface area contributed by atoms with Gasteiger partial charge in [0.15, 0.2) is 0 Å². The minimum absolute atomic E-state index is 0.00778. The molecule has 0 aromatic carbocycles. The van der Waals surface area contributed by atoms with Gasteiger partial charge in [-0.3, -0.25) is 0 Å². The molecule has 3 saturated heterocycles. The van der Waals surface area contributed by atoms with Crippen LogP contribution >= 0.6 is 0 Å². The van der Waals surface area contributed by atoms with Gasteiger partial charge in [-0.2, -0.15) is 0 Å². The van der Waals surface area contributed by atoms with Gasteiger partial charge in [0.2, 0.25) is 0 Å². The minimum atomic E-state index is 0.00778. The van der Waals surface area contributed by atoms with Gasteiger partial charge in [0, 0.05) is 12.5 Å². The van der Waals surface area contributed by atoms with E-state index in [1.165, 1.54) is 64.6 Å². The van der Waals surface area contributed by atoms with E-state index in [-0.39, 0.29) is 6.10 Å². The highest BCUT2D eigenvalue weighted by atomic mass is 16.3. The summed E-state index contributed by atoms with van der Waals surface area (Å²) in [5.74, 6) is 2.06. The van der Waals surface area contributed by atoms with Crippen molar-refractivity contribution in [3.05, 3.63) is 0 Å². The van der Waals surface area contributed by atoms with Crippen molar-refractivity contribution in [1.82, 2.24) is 4.90 Å². The Morgan fingerprint density at radius 2 is 1.62 bits per heavy atom. The highest BCUT2D eigenvalue weighted by molar-refractivity contribution is 4.92. The van der Waals surface area contributed by atoms with Gasteiger partial charge in [0.25, 0.3) is 0 Å². The molecule has 2 bridgehead atoms. The Labute approximate surface area is 99.0 Å². The van der Waals surface area contributed by atoms with Crippen LogP contribution in [0.1, 0.15) is 44.9 Å². The van der Waals surface area contributed by atoms with Crippen LogP contribution in [0.4, 0.5) is 0 Å². The molecule has 0 aromatic heterocycles. The Morgan fingerprint density at radius 1 is 0.938 bits per heavy atom. The van der Waals surface area contributed by atoms with Gasteiger partial charge in [-0.25, -0.2) is 0 Å². The van der Waals surface area contributed by atoms with Crippen molar-refractivity contribution in [2.45, 2.75) is 51.0 Å². The van der Waals surface area contributed by atoms with Crippen LogP contribution in [0.2, 0.25) is 0 Å². The molecular weight excluding hydrogens is 198 g/mol. The van der Waals surface area contributed by atoms with Crippen LogP contribution in [0, 0.1) is 17.8 Å². The van der Waals surface area contributed by atoms with E-state index in [1.807, 2.05) is 0 Å². The van der Waals surface area contributed by atoms with Gasteiger partial charge in [0.05, 0.1) is 6.10 Å². The molecule has 0 aromatic rings. The number of hydrogen-bond acceptors (Lipinski definition) is 2. The summed E-state index contributed by atoms with van der Waals surface area (Å²) in [5, 5.41) is 10.6. The molecule has 1 saturated carbocycles. The average molecular weight is 223 g/mol. The lowest BCUT2D eigenvalue weighted by Gasteiger charge is -2.48. The summed E-state index contributed by atoms with van der Waals surface area (Å²) in [6.45, 7) is 3.76. The summed E-state index contributed by atoms with van der Waals surface area (Å²) < 4.78 is 0. The lowest BCUT2D eigenvalue weighted by Crippen LogP contribution is -2.52. The normalized spacial score (nSPS) is 42.2. The molecule has 16 heavy (non-hydrogen) atoms. The van der Waals surface area contributed by atoms with E-state index in [9.17, 15) is 5.11 Å². The molecule has 1 aliphatic carbocycles. The summed E-state index contributed by atoms with van der Waals surface area (Å²) in [6.07, 6.45) is 9.35. The van der Waals surface area contributed by atoms with E-state index >= 15 is 0 Å². The summed E-state index contributed by atoms with van der Waals surface area (Å²) in [4.78, 5) is 2.57. The fourth-order valence-electron chi connectivity index (χ4n) is 4.22. The SMILES string of the molecule is OC(C1CCCCC1)C1CN2CCC1CC2. The molecule has 2 heteroatoms. The first-order valence-corrected chi connectivity index (χ1v) is 7.25. The first-order chi connectivity index (χ1) is 7.84. The molecule has 92 valence electrons. The van der Waals surface area contributed by atoms with E-state index in [2.05, 4.69) is 4.90 Å². The van der Waals surface area contributed by atoms with Crippen LogP contribution in [0.15, 0.2) is 0 Å². The molecule has 0 amide bonds. The third-order valence-electron chi connectivity index (χ3n) is 5.28. The third-order valence-corrected chi connectivity index (χ3v) is 5.28. The lowest BCUT2D eigenvalue weighted by molar-refractivity contribution is -0.0559. The highest BCUT2D eigenvalue weighted by Gasteiger charge is 2.40. The fourth-order valence-corrected chi connectivity index (χ4v) is 4.22. The topological polar surface area (TPSA) is 23.5 Å². The van der Waals surface area contributed by atoms with Crippen molar-refractivity contribution >= 4 is 0 Å². The number of aliphatic hydroxyl groups is 1. The van der Waals surface area contributed by atoms with E-state index in [1.54, 1.807) is 0 Å². The molecular formula is C14H25NO. The summed E-state index contributed by atoms with van der Waals surface area (Å²) >= 11 is 0. The summed E-state index contributed by atoms with van der Waals surface area (Å²) in [7, 11) is 0. The molecule has 3 heterocycles. The smallest absolute Gasteiger partial charge is 0.0611 e. The standard InChI is InChI=1S/C14H25NO/c16-14(12-4-2-1-3-5-12)13-10-15-8-6-11(13)7-9-15/h11-14,16H,1-10H2. The first-order valence-electron chi connectivity index (χ1n) is 7.25. The van der Waals surface area contributed by atoms with Crippen LogP contribution in [-0.2, 0) is 0 Å². The Hall–Kier alpha value is -0.0800. The maximum atomic E-state index is 10.6. The zero-order valence-electron chi connectivity index (χ0n) is 10.3. The van der Waals surface area contributed by atoms with Crippen molar-refractivity contribution < 1.29 is 5.11 Å². The number of fused-ring (bicyclic) bond motifs is 3. The largest absolute Gasteiger partial charge is 0.392 e. The van der Waals surface area contributed by atoms with E-state index < -0.39 is 0 Å². The summed E-state index contributed by atoms with van der Waals surface area (Å²) in [5.41, 5.74) is 0. The van der Waals surface area contributed by atoms with Gasteiger partial charge in [-0.15, -0.1) is 0 Å². The van der Waals surface area contributed by atoms with Crippen LogP contribution in [0.25, 0.3) is 0 Å². The third kappa shape index (κ3) is 2.02. The Balaban J connectivity index is 1.63. The van der Waals surface area contributed by atoms with Crippen molar-refractivity contribution in [2.75, 3.05) is 19.6 Å². The molecule has 4 fully saturated rings. The molecule has 2 unspecified atom stereocenters. The lowest BCUT2D eigenvalue weighted by atomic mass is 9.70. The number of rotatable bonds is 2. The molecule has 2 nitrogen and oxygen atoms in total. The van der Waals surface area contributed by atoms with Gasteiger partial charge < -0.3 is 10.0 Å². The van der Waals surface area contributed by atoms with Gasteiger partial charge in [-0.05, 0) is 50.6 Å². The Bertz CT molecular complexity index is 229. The fraction of sp³-hybridized carbons (Fsp3) is 1.00. The second kappa shape index (κ2) is 4.66. The van der Waals surface area contributed by atoms with Crippen molar-refractivity contribution in [1.29, 1.82) is 0 Å². The molecule has 2 atom stereocenters. The van der Waals surface area contributed by atoms with Crippen molar-refractivity contribution in [2.24, 2.45) is 17.8 Å². The monoisotopic (exact) mass is 223 g/mol. The predicted octanol–water partition coefficient (Wildman–Crippen LogP) is 2.27. The maximum Gasteiger partial charge on any atom is 0.0611 e. The van der Waals surface area contributed by atoms with Crippen LogP contribution in [0.5, 0.6) is 0 Å². The maximum absolute atomic E-state index is 10.6. The average Bonchev–Trinajstić information content (AvgIpc) is 2.40. The van der Waals surface area contributed by atoms with Crippen LogP contribution in [0.3, 0.4) is 0 Å². The highest BCUT2D eigenvalue weighted by Crippen LogP contribution is 2.39. The molecule has 0 radical (unpaired) electrons. The minimum Gasteiger partial charge on any atom is -0.392 e. The number of hydrogen-bond donors (Lipinski definition) is 1. The van der Waals surface area contributed by atoms with E-state index in [4.69, 9.17) is 0 Å². The molecule has 3 aliphatic heterocycles. The summed E-state index contributed by atoms with van der Waals surface area (Å²) in [6, 6.07) is 0. The Kier molecular flexibility index (Phi) is 3.21. The molecule has 4 aliphatic rings. The van der Waals surface area contributed by atoms with Gasteiger partial charge in [0.1, 0.15) is 0 Å². The van der Waals surface area contributed by atoms with Crippen molar-refractivity contribution in [3.8, 4) is 0 Å². The quantitative estimate of drug-likeness (QED) is 0.776. The molecule has 0 spiro atoms. The number of piperidine rings is 3. The zero-order chi connectivity index (χ0) is 11.0. The van der Waals surface area contributed by atoms with Crippen molar-refractivity contribution in [3.63, 3.8) is 0 Å². The Morgan fingerprint density at radius 3 is 2.19 bits per heavy atom. The second-order valence-electron chi connectivity index (χ2n) is 6.19. The molecule has 1 N–H and O–H groups in total. The zero-order valence-corrected chi connectivity index (χ0v) is 10.3. The number of nitrogens with zero attached hydrogens (tertiary/aromatic N) is 1. The number of aliphatic hydroxyl groups excluding tert-OH is 1. The van der Waals surface area contributed by atoms with E-state index in [0.717, 1.165) is 5.92 Å². The van der Waals surface area contributed by atoms with E-state index in [0.29, 0.717) is 11.8 Å². The van der Waals surface area contributed by atoms with Crippen LogP contribution < -0.4 is 0 Å².